The summed E-state index contributed by atoms with van der Waals surface area (Å²) in [7, 11) is 0. The van der Waals surface area contributed by atoms with Crippen molar-refractivity contribution in [3.8, 4) is 11.8 Å². The first-order chi connectivity index (χ1) is 12.6. The second kappa shape index (κ2) is 7.64. The number of hydrogen-bond donors (Lipinski definition) is 1. The Morgan fingerprint density at radius 3 is 2.65 bits per heavy atom. The Balaban J connectivity index is 1.81. The summed E-state index contributed by atoms with van der Waals surface area (Å²) in [4.78, 5) is 12.2. The van der Waals surface area contributed by atoms with Gasteiger partial charge in [-0.1, -0.05) is 23.7 Å². The van der Waals surface area contributed by atoms with E-state index in [-0.39, 0.29) is 11.3 Å². The van der Waals surface area contributed by atoms with Crippen LogP contribution in [0.5, 0.6) is 0 Å². The average Bonchev–Trinajstić information content (AvgIpc) is 3.10. The van der Waals surface area contributed by atoms with Crippen molar-refractivity contribution in [2.75, 3.05) is 5.32 Å². The van der Waals surface area contributed by atoms with Gasteiger partial charge in [0.05, 0.1) is 17.6 Å². The molecule has 1 heterocycles. The molecule has 0 fully saturated rings. The first kappa shape index (κ1) is 17.4. The summed E-state index contributed by atoms with van der Waals surface area (Å²) in [5, 5.41) is 16.4. The Bertz CT molecular complexity index is 1020. The van der Waals surface area contributed by atoms with Crippen LogP contribution in [0.15, 0.2) is 66.5 Å². The summed E-state index contributed by atoms with van der Waals surface area (Å²) in [5.41, 5.74) is 1.18. The summed E-state index contributed by atoms with van der Waals surface area (Å²) in [6, 6.07) is 14.6. The molecule has 0 radical (unpaired) electrons. The number of carbonyl (C=O) groups excluding carboxylic acids is 1. The van der Waals surface area contributed by atoms with E-state index in [1.54, 1.807) is 41.2 Å². The molecular weight excluding hydrogens is 355 g/mol. The predicted molar refractivity (Wildman–Crippen MR) is 97.2 cm³/mol. The number of amides is 1. The second-order valence-electron chi connectivity index (χ2n) is 5.30. The topological polar surface area (TPSA) is 70.7 Å². The molecule has 0 unspecified atom stereocenters. The van der Waals surface area contributed by atoms with Gasteiger partial charge in [-0.25, -0.2) is 9.07 Å². The van der Waals surface area contributed by atoms with Crippen LogP contribution in [-0.4, -0.2) is 15.7 Å². The standard InChI is InChI=1S/C19H12ClFN4O/c20-15-5-7-16(8-6-15)25-12-13(11-23-25)9-14(10-22)19(26)24-18-4-2-1-3-17(18)21/h1-9,11-12H,(H,24,26). The molecule has 128 valence electrons. The van der Waals surface area contributed by atoms with Gasteiger partial charge in [-0.2, -0.15) is 10.4 Å². The van der Waals surface area contributed by atoms with E-state index in [2.05, 4.69) is 10.4 Å². The van der Waals surface area contributed by atoms with E-state index >= 15 is 0 Å². The number of rotatable bonds is 4. The van der Waals surface area contributed by atoms with Crippen molar-refractivity contribution in [3.05, 3.63) is 82.9 Å². The van der Waals surface area contributed by atoms with Gasteiger partial charge in [0.1, 0.15) is 17.5 Å². The maximum absolute atomic E-state index is 13.6. The molecule has 0 atom stereocenters. The van der Waals surface area contributed by atoms with Crippen molar-refractivity contribution in [3.63, 3.8) is 0 Å². The Morgan fingerprint density at radius 2 is 1.96 bits per heavy atom. The highest BCUT2D eigenvalue weighted by Crippen LogP contribution is 2.16. The zero-order chi connectivity index (χ0) is 18.5. The largest absolute Gasteiger partial charge is 0.319 e. The fourth-order valence-corrected chi connectivity index (χ4v) is 2.34. The van der Waals surface area contributed by atoms with Crippen LogP contribution >= 0.6 is 11.6 Å². The normalized spacial score (nSPS) is 11.0. The molecule has 0 spiro atoms. The fraction of sp³-hybridized carbons (Fsp3) is 0. The van der Waals surface area contributed by atoms with Gasteiger partial charge in [0.2, 0.25) is 0 Å². The molecule has 1 aromatic heterocycles. The first-order valence-corrected chi connectivity index (χ1v) is 7.93. The first-order valence-electron chi connectivity index (χ1n) is 7.55. The maximum Gasteiger partial charge on any atom is 0.266 e. The molecule has 0 aliphatic carbocycles. The fourth-order valence-electron chi connectivity index (χ4n) is 2.21. The third kappa shape index (κ3) is 3.97. The molecule has 26 heavy (non-hydrogen) atoms. The summed E-state index contributed by atoms with van der Waals surface area (Å²) in [6.45, 7) is 0. The van der Waals surface area contributed by atoms with Crippen LogP contribution in [0.2, 0.25) is 5.02 Å². The highest BCUT2D eigenvalue weighted by atomic mass is 35.5. The smallest absolute Gasteiger partial charge is 0.266 e. The molecule has 0 aliphatic heterocycles. The van der Waals surface area contributed by atoms with E-state index in [4.69, 9.17) is 11.6 Å². The maximum atomic E-state index is 13.6. The van der Waals surface area contributed by atoms with Gasteiger partial charge in [0.25, 0.3) is 5.91 Å². The number of nitrogens with zero attached hydrogens (tertiary/aromatic N) is 3. The zero-order valence-electron chi connectivity index (χ0n) is 13.4. The molecule has 3 aromatic rings. The van der Waals surface area contributed by atoms with Gasteiger partial charge in [-0.05, 0) is 42.5 Å². The number of halogens is 2. The van der Waals surface area contributed by atoms with Gasteiger partial charge >= 0.3 is 0 Å². The van der Waals surface area contributed by atoms with E-state index < -0.39 is 11.7 Å². The molecule has 1 amide bonds. The van der Waals surface area contributed by atoms with Crippen LogP contribution < -0.4 is 5.32 Å². The van der Waals surface area contributed by atoms with Crippen LogP contribution in [0, 0.1) is 17.1 Å². The lowest BCUT2D eigenvalue weighted by Crippen LogP contribution is -2.14. The Hall–Kier alpha value is -3.43. The van der Waals surface area contributed by atoms with E-state index in [1.807, 2.05) is 6.07 Å². The molecular formula is C19H12ClFN4O. The molecule has 0 bridgehead atoms. The average molecular weight is 367 g/mol. The van der Waals surface area contributed by atoms with Crippen LogP contribution in [-0.2, 0) is 4.79 Å². The minimum atomic E-state index is -0.697. The minimum Gasteiger partial charge on any atom is -0.319 e. The number of carbonyl (C=O) groups is 1. The molecule has 1 N–H and O–H groups in total. The van der Waals surface area contributed by atoms with E-state index in [1.165, 1.54) is 30.5 Å². The van der Waals surface area contributed by atoms with Gasteiger partial charge < -0.3 is 5.32 Å². The van der Waals surface area contributed by atoms with Crippen molar-refractivity contribution in [1.29, 1.82) is 5.26 Å². The van der Waals surface area contributed by atoms with Crippen LogP contribution in [0.4, 0.5) is 10.1 Å². The SMILES string of the molecule is N#CC(=Cc1cnn(-c2ccc(Cl)cc2)c1)C(=O)Nc1ccccc1F. The Kier molecular flexibility index (Phi) is 5.11. The molecule has 5 nitrogen and oxygen atoms in total. The van der Waals surface area contributed by atoms with E-state index in [0.717, 1.165) is 5.69 Å². The van der Waals surface area contributed by atoms with Crippen molar-refractivity contribution in [2.45, 2.75) is 0 Å². The molecule has 7 heteroatoms. The summed E-state index contributed by atoms with van der Waals surface area (Å²) >= 11 is 5.86. The van der Waals surface area contributed by atoms with E-state index in [9.17, 15) is 14.4 Å². The Labute approximate surface area is 153 Å². The monoisotopic (exact) mass is 366 g/mol. The minimum absolute atomic E-state index is 0.00973. The number of anilines is 1. The van der Waals surface area contributed by atoms with E-state index in [0.29, 0.717) is 10.6 Å². The number of nitriles is 1. The molecule has 3 rings (SSSR count). The van der Waals surface area contributed by atoms with Crippen LogP contribution in [0.25, 0.3) is 11.8 Å². The summed E-state index contributed by atoms with van der Waals surface area (Å²) in [6.07, 6.45) is 4.56. The number of para-hydroxylation sites is 1. The summed E-state index contributed by atoms with van der Waals surface area (Å²) in [5.74, 6) is -1.27. The molecule has 0 aliphatic rings. The number of hydrogen-bond acceptors (Lipinski definition) is 3. The lowest BCUT2D eigenvalue weighted by atomic mass is 10.2. The summed E-state index contributed by atoms with van der Waals surface area (Å²) < 4.78 is 15.2. The molecule has 0 saturated heterocycles. The zero-order valence-corrected chi connectivity index (χ0v) is 14.1. The third-order valence-electron chi connectivity index (χ3n) is 3.49. The van der Waals surface area contributed by atoms with Gasteiger partial charge in [0, 0.05) is 16.8 Å². The van der Waals surface area contributed by atoms with Gasteiger partial charge in [0.15, 0.2) is 0 Å². The lowest BCUT2D eigenvalue weighted by molar-refractivity contribution is -0.112. The van der Waals surface area contributed by atoms with Gasteiger partial charge in [-0.3, -0.25) is 4.79 Å². The third-order valence-corrected chi connectivity index (χ3v) is 3.74. The highest BCUT2D eigenvalue weighted by molar-refractivity contribution is 6.30. The van der Waals surface area contributed by atoms with Crippen molar-refractivity contribution < 1.29 is 9.18 Å². The second-order valence-corrected chi connectivity index (χ2v) is 5.73. The predicted octanol–water partition coefficient (Wildman–Crippen LogP) is 4.21. The number of aromatic nitrogens is 2. The molecule has 0 saturated carbocycles. The quantitative estimate of drug-likeness (QED) is 0.555. The van der Waals surface area contributed by atoms with Crippen LogP contribution in [0.1, 0.15) is 5.56 Å². The number of benzene rings is 2. The Morgan fingerprint density at radius 1 is 1.23 bits per heavy atom. The lowest BCUT2D eigenvalue weighted by Gasteiger charge is -2.04. The molecule has 2 aromatic carbocycles. The van der Waals surface area contributed by atoms with Crippen LogP contribution in [0.3, 0.4) is 0 Å². The number of nitrogens with one attached hydrogen (secondary N) is 1. The van der Waals surface area contributed by atoms with Crippen molar-refractivity contribution >= 4 is 29.3 Å². The van der Waals surface area contributed by atoms with Gasteiger partial charge in [-0.15, -0.1) is 0 Å². The highest BCUT2D eigenvalue weighted by Gasteiger charge is 2.12. The van der Waals surface area contributed by atoms with Crippen molar-refractivity contribution in [1.82, 2.24) is 9.78 Å². The van der Waals surface area contributed by atoms with Crippen molar-refractivity contribution in [2.24, 2.45) is 0 Å².